The predicted octanol–water partition coefficient (Wildman–Crippen LogP) is 5.79. The van der Waals surface area contributed by atoms with Crippen LogP contribution in [0, 0.1) is 0 Å². The molecule has 178 valence electrons. The van der Waals surface area contributed by atoms with Crippen molar-refractivity contribution in [3.8, 4) is 28.7 Å². The molecule has 0 aromatic heterocycles. The van der Waals surface area contributed by atoms with E-state index in [1.54, 1.807) is 56.7 Å². The topological polar surface area (TPSA) is 63.2 Å². The van der Waals surface area contributed by atoms with Gasteiger partial charge in [-0.15, -0.1) is 0 Å². The van der Waals surface area contributed by atoms with Crippen molar-refractivity contribution in [3.63, 3.8) is 0 Å². The maximum atomic E-state index is 12.6. The second kappa shape index (κ2) is 11.7. The molecule has 0 unspecified atom stereocenters. The van der Waals surface area contributed by atoms with E-state index in [0.29, 0.717) is 11.5 Å². The van der Waals surface area contributed by atoms with E-state index in [2.05, 4.69) is 4.74 Å². The Balaban J connectivity index is 1.73. The lowest BCUT2D eigenvalue weighted by Gasteiger charge is -2.12. The number of hydrogen-bond acceptors (Lipinski definition) is 6. The largest absolute Gasteiger partial charge is 0.497 e. The molecule has 8 heteroatoms. The third kappa shape index (κ3) is 6.48. The summed E-state index contributed by atoms with van der Waals surface area (Å²) in [4.78, 5) is 12.6. The van der Waals surface area contributed by atoms with Crippen LogP contribution in [0.3, 0.4) is 0 Å². The van der Waals surface area contributed by atoms with Gasteiger partial charge in [-0.25, -0.2) is 0 Å². The van der Waals surface area contributed by atoms with E-state index in [1.165, 1.54) is 31.4 Å². The Morgan fingerprint density at radius 2 is 1.50 bits per heavy atom. The van der Waals surface area contributed by atoms with Gasteiger partial charge in [0.15, 0.2) is 17.3 Å². The standard InChI is InChI=1S/C26H24F2O6/c1-30-20-7-9-21(10-8-20)33-16-19-14-17(5-12-23(19)31-2)4-11-22(29)18-6-13-24(34-26(27)28)25(15-18)32-3/h4-15,26H,16H2,1-3H3/b11-4+. The number of carbonyl (C=O) groups excluding carboxylic acids is 1. The van der Waals surface area contributed by atoms with Gasteiger partial charge in [0.1, 0.15) is 23.9 Å². The van der Waals surface area contributed by atoms with Gasteiger partial charge in [-0.05, 0) is 66.2 Å². The van der Waals surface area contributed by atoms with Crippen molar-refractivity contribution in [1.29, 1.82) is 0 Å². The molecule has 0 atom stereocenters. The summed E-state index contributed by atoms with van der Waals surface area (Å²) in [7, 11) is 4.47. The van der Waals surface area contributed by atoms with E-state index in [-0.39, 0.29) is 29.5 Å². The first-order valence-electron chi connectivity index (χ1n) is 10.2. The number of alkyl halides is 2. The summed E-state index contributed by atoms with van der Waals surface area (Å²) in [5.74, 6) is 1.63. The monoisotopic (exact) mass is 470 g/mol. The van der Waals surface area contributed by atoms with Crippen LogP contribution in [0.4, 0.5) is 8.78 Å². The summed E-state index contributed by atoms with van der Waals surface area (Å²) in [5, 5.41) is 0. The molecule has 3 aromatic rings. The summed E-state index contributed by atoms with van der Waals surface area (Å²) in [6.45, 7) is -2.73. The highest BCUT2D eigenvalue weighted by Crippen LogP contribution is 2.30. The van der Waals surface area contributed by atoms with Crippen LogP contribution in [-0.2, 0) is 6.61 Å². The maximum absolute atomic E-state index is 12.6. The number of ether oxygens (including phenoxy) is 5. The Bertz CT molecular complexity index is 1140. The number of methoxy groups -OCH3 is 3. The Morgan fingerprint density at radius 1 is 0.824 bits per heavy atom. The second-order valence-electron chi connectivity index (χ2n) is 6.98. The van der Waals surface area contributed by atoms with E-state index in [0.717, 1.165) is 16.9 Å². The fourth-order valence-electron chi connectivity index (χ4n) is 3.13. The second-order valence-corrected chi connectivity index (χ2v) is 6.98. The van der Waals surface area contributed by atoms with Crippen molar-refractivity contribution in [2.45, 2.75) is 13.2 Å². The molecule has 0 heterocycles. The highest BCUT2D eigenvalue weighted by molar-refractivity contribution is 6.07. The number of carbonyl (C=O) groups is 1. The van der Waals surface area contributed by atoms with Gasteiger partial charge in [-0.1, -0.05) is 12.1 Å². The Kier molecular flexibility index (Phi) is 8.45. The minimum Gasteiger partial charge on any atom is -0.497 e. The lowest BCUT2D eigenvalue weighted by Crippen LogP contribution is -2.04. The molecule has 0 saturated heterocycles. The Morgan fingerprint density at radius 3 is 2.15 bits per heavy atom. The van der Waals surface area contributed by atoms with Crippen LogP contribution in [0.1, 0.15) is 21.5 Å². The first kappa shape index (κ1) is 24.6. The molecule has 0 radical (unpaired) electrons. The quantitative estimate of drug-likeness (QED) is 0.261. The summed E-state index contributed by atoms with van der Waals surface area (Å²) in [5.41, 5.74) is 1.82. The van der Waals surface area contributed by atoms with Crippen LogP contribution >= 0.6 is 0 Å². The van der Waals surface area contributed by atoms with Gasteiger partial charge in [-0.2, -0.15) is 8.78 Å². The average molecular weight is 470 g/mol. The van der Waals surface area contributed by atoms with E-state index >= 15 is 0 Å². The fraction of sp³-hybridized carbons (Fsp3) is 0.192. The van der Waals surface area contributed by atoms with Crippen molar-refractivity contribution < 1.29 is 37.3 Å². The molecule has 0 spiro atoms. The number of allylic oxidation sites excluding steroid dienone is 1. The van der Waals surface area contributed by atoms with E-state index < -0.39 is 6.61 Å². The molecule has 0 bridgehead atoms. The summed E-state index contributed by atoms with van der Waals surface area (Å²) in [6.07, 6.45) is 3.03. The molecule has 34 heavy (non-hydrogen) atoms. The van der Waals surface area contributed by atoms with Crippen molar-refractivity contribution in [1.82, 2.24) is 0 Å². The van der Waals surface area contributed by atoms with Gasteiger partial charge in [0.2, 0.25) is 0 Å². The van der Waals surface area contributed by atoms with E-state index in [1.807, 2.05) is 6.07 Å². The SMILES string of the molecule is COc1ccc(OCc2cc(/C=C/C(=O)c3ccc(OC(F)F)c(OC)c3)ccc2OC)cc1. The molecule has 0 fully saturated rings. The number of benzene rings is 3. The number of ketones is 1. The van der Waals surface area contributed by atoms with Crippen molar-refractivity contribution in [2.75, 3.05) is 21.3 Å². The van der Waals surface area contributed by atoms with Gasteiger partial charge in [0.05, 0.1) is 21.3 Å². The molecule has 0 saturated carbocycles. The van der Waals surface area contributed by atoms with Crippen LogP contribution in [0.15, 0.2) is 66.7 Å². The molecule has 0 aliphatic heterocycles. The predicted molar refractivity (Wildman–Crippen MR) is 123 cm³/mol. The molecule has 0 aliphatic rings. The van der Waals surface area contributed by atoms with Gasteiger partial charge < -0.3 is 23.7 Å². The van der Waals surface area contributed by atoms with Gasteiger partial charge in [0.25, 0.3) is 0 Å². The highest BCUT2D eigenvalue weighted by atomic mass is 19.3. The van der Waals surface area contributed by atoms with Crippen molar-refractivity contribution in [2.24, 2.45) is 0 Å². The van der Waals surface area contributed by atoms with Crippen molar-refractivity contribution >= 4 is 11.9 Å². The molecule has 3 rings (SSSR count). The first-order chi connectivity index (χ1) is 16.4. The Labute approximate surface area is 196 Å². The lowest BCUT2D eigenvalue weighted by atomic mass is 10.1. The molecule has 3 aromatic carbocycles. The van der Waals surface area contributed by atoms with Crippen LogP contribution in [0.25, 0.3) is 6.08 Å². The first-order valence-corrected chi connectivity index (χ1v) is 10.2. The van der Waals surface area contributed by atoms with Crippen LogP contribution in [-0.4, -0.2) is 33.7 Å². The van der Waals surface area contributed by atoms with Crippen LogP contribution in [0.2, 0.25) is 0 Å². The zero-order valence-electron chi connectivity index (χ0n) is 18.9. The van der Waals surface area contributed by atoms with E-state index in [9.17, 15) is 13.6 Å². The van der Waals surface area contributed by atoms with E-state index in [4.69, 9.17) is 18.9 Å². The summed E-state index contributed by atoms with van der Waals surface area (Å²) >= 11 is 0. The molecular formula is C26H24F2O6. The van der Waals surface area contributed by atoms with Crippen LogP contribution in [0.5, 0.6) is 28.7 Å². The fourth-order valence-corrected chi connectivity index (χ4v) is 3.13. The maximum Gasteiger partial charge on any atom is 0.387 e. The highest BCUT2D eigenvalue weighted by Gasteiger charge is 2.13. The molecule has 6 nitrogen and oxygen atoms in total. The van der Waals surface area contributed by atoms with Gasteiger partial charge in [0, 0.05) is 11.1 Å². The zero-order valence-corrected chi connectivity index (χ0v) is 18.9. The smallest absolute Gasteiger partial charge is 0.387 e. The normalized spacial score (nSPS) is 10.9. The summed E-state index contributed by atoms with van der Waals surface area (Å²) < 4.78 is 50.8. The minimum atomic E-state index is -2.99. The summed E-state index contributed by atoms with van der Waals surface area (Å²) in [6, 6.07) is 16.7. The number of hydrogen-bond donors (Lipinski definition) is 0. The molecular weight excluding hydrogens is 446 g/mol. The molecule has 0 aliphatic carbocycles. The molecule has 0 N–H and O–H groups in total. The Hall–Kier alpha value is -4.07. The lowest BCUT2D eigenvalue weighted by molar-refractivity contribution is -0.0512. The third-order valence-corrected chi connectivity index (χ3v) is 4.85. The number of rotatable bonds is 11. The number of halogens is 2. The third-order valence-electron chi connectivity index (χ3n) is 4.85. The van der Waals surface area contributed by atoms with Crippen molar-refractivity contribution in [3.05, 3.63) is 83.4 Å². The minimum absolute atomic E-state index is 0.0435. The van der Waals surface area contributed by atoms with Gasteiger partial charge in [-0.3, -0.25) is 4.79 Å². The zero-order chi connectivity index (χ0) is 24.5. The van der Waals surface area contributed by atoms with Crippen LogP contribution < -0.4 is 23.7 Å². The van der Waals surface area contributed by atoms with Gasteiger partial charge >= 0.3 is 6.61 Å². The molecule has 0 amide bonds. The average Bonchev–Trinajstić information content (AvgIpc) is 2.86.